The van der Waals surface area contributed by atoms with E-state index >= 15 is 0 Å². The van der Waals surface area contributed by atoms with Gasteiger partial charge >= 0.3 is 0 Å². The summed E-state index contributed by atoms with van der Waals surface area (Å²) >= 11 is 0. The van der Waals surface area contributed by atoms with Gasteiger partial charge in [-0.1, -0.05) is 44.2 Å². The van der Waals surface area contributed by atoms with Gasteiger partial charge in [-0.15, -0.1) is 0 Å². The van der Waals surface area contributed by atoms with E-state index in [1.807, 2.05) is 6.07 Å². The van der Waals surface area contributed by atoms with Crippen LogP contribution in [0.4, 0.5) is 0 Å². The number of hydrogen-bond donors (Lipinski definition) is 0. The maximum atomic E-state index is 5.53. The molecule has 4 heteroatoms. The van der Waals surface area contributed by atoms with Crippen molar-refractivity contribution in [3.8, 4) is 11.5 Å². The Morgan fingerprint density at radius 2 is 1.85 bits per heavy atom. The molecule has 4 nitrogen and oxygen atoms in total. The van der Waals surface area contributed by atoms with E-state index in [0.29, 0.717) is 18.8 Å². The lowest BCUT2D eigenvalue weighted by atomic mass is 9.91. The summed E-state index contributed by atoms with van der Waals surface area (Å²) < 4.78 is 11.0. The van der Waals surface area contributed by atoms with Crippen molar-refractivity contribution in [2.24, 2.45) is 0 Å². The lowest BCUT2D eigenvalue weighted by Crippen LogP contribution is -2.46. The number of ether oxygens (including phenoxy) is 2. The summed E-state index contributed by atoms with van der Waals surface area (Å²) in [5, 5.41) is 0. The number of hydrogen-bond acceptors (Lipinski definition) is 4. The Hall–Kier alpha value is -2.04. The van der Waals surface area contributed by atoms with Crippen LogP contribution in [0.1, 0.15) is 42.5 Å². The Labute approximate surface area is 156 Å². The Morgan fingerprint density at radius 3 is 2.69 bits per heavy atom. The molecule has 0 N–H and O–H groups in total. The van der Waals surface area contributed by atoms with Crippen molar-refractivity contribution < 1.29 is 9.47 Å². The Balaban J connectivity index is 1.52. The molecule has 2 heterocycles. The van der Waals surface area contributed by atoms with Gasteiger partial charge in [0.1, 0.15) is 0 Å². The predicted octanol–water partition coefficient (Wildman–Crippen LogP) is 4.03. The van der Waals surface area contributed by atoms with E-state index in [-0.39, 0.29) is 0 Å². The molecule has 2 aliphatic rings. The molecule has 2 aromatic rings. The fourth-order valence-electron chi connectivity index (χ4n) is 4.05. The molecular formula is C22H28N2O2. The molecule has 4 rings (SSSR count). The minimum atomic E-state index is 0.335. The van der Waals surface area contributed by atoms with Crippen LogP contribution in [0.25, 0.3) is 0 Å². The summed E-state index contributed by atoms with van der Waals surface area (Å²) in [5.74, 6) is 2.28. The molecule has 138 valence electrons. The Kier molecular flexibility index (Phi) is 4.88. The van der Waals surface area contributed by atoms with Gasteiger partial charge in [0.05, 0.1) is 0 Å². The number of rotatable bonds is 4. The zero-order chi connectivity index (χ0) is 18.1. The molecule has 0 radical (unpaired) electrons. The highest BCUT2D eigenvalue weighted by molar-refractivity contribution is 5.44. The van der Waals surface area contributed by atoms with Crippen molar-refractivity contribution in [1.29, 1.82) is 0 Å². The molecule has 26 heavy (non-hydrogen) atoms. The summed E-state index contributed by atoms with van der Waals surface area (Å²) in [6, 6.07) is 15.7. The minimum Gasteiger partial charge on any atom is -0.454 e. The lowest BCUT2D eigenvalue weighted by Gasteiger charge is -2.40. The third-order valence-corrected chi connectivity index (χ3v) is 5.55. The fourth-order valence-corrected chi connectivity index (χ4v) is 4.05. The molecule has 0 saturated carbocycles. The van der Waals surface area contributed by atoms with Crippen LogP contribution in [0.15, 0.2) is 42.5 Å². The summed E-state index contributed by atoms with van der Waals surface area (Å²) in [7, 11) is 2.25. The van der Waals surface area contributed by atoms with Crippen LogP contribution in [-0.2, 0) is 6.54 Å². The van der Waals surface area contributed by atoms with E-state index in [0.717, 1.165) is 37.7 Å². The number of nitrogens with zero attached hydrogens (tertiary/aromatic N) is 2. The van der Waals surface area contributed by atoms with Crippen LogP contribution in [-0.4, -0.2) is 43.3 Å². The first-order valence-corrected chi connectivity index (χ1v) is 9.52. The van der Waals surface area contributed by atoms with Crippen molar-refractivity contribution in [1.82, 2.24) is 9.80 Å². The van der Waals surface area contributed by atoms with Crippen LogP contribution >= 0.6 is 0 Å². The van der Waals surface area contributed by atoms with Gasteiger partial charge in [-0.2, -0.15) is 0 Å². The second-order valence-electron chi connectivity index (χ2n) is 7.70. The molecule has 1 saturated heterocycles. The van der Waals surface area contributed by atoms with E-state index in [2.05, 4.69) is 67.1 Å². The first-order chi connectivity index (χ1) is 12.6. The van der Waals surface area contributed by atoms with Crippen molar-refractivity contribution >= 4 is 0 Å². The van der Waals surface area contributed by atoms with Gasteiger partial charge in [-0.05, 0) is 41.8 Å². The van der Waals surface area contributed by atoms with Crippen molar-refractivity contribution in [2.75, 3.05) is 33.5 Å². The molecule has 2 aliphatic heterocycles. The largest absolute Gasteiger partial charge is 0.454 e. The maximum Gasteiger partial charge on any atom is 0.231 e. The van der Waals surface area contributed by atoms with Gasteiger partial charge in [0.25, 0.3) is 0 Å². The first-order valence-electron chi connectivity index (χ1n) is 9.52. The number of fused-ring (bicyclic) bond motifs is 1. The smallest absolute Gasteiger partial charge is 0.231 e. The average Bonchev–Trinajstić information content (AvgIpc) is 3.11. The van der Waals surface area contributed by atoms with Gasteiger partial charge in [-0.25, -0.2) is 0 Å². The van der Waals surface area contributed by atoms with Gasteiger partial charge in [0.15, 0.2) is 11.5 Å². The van der Waals surface area contributed by atoms with Crippen molar-refractivity contribution in [3.63, 3.8) is 0 Å². The Bertz CT molecular complexity index is 774. The van der Waals surface area contributed by atoms with Crippen LogP contribution in [0.3, 0.4) is 0 Å². The van der Waals surface area contributed by atoms with Crippen LogP contribution in [0.2, 0.25) is 0 Å². The summed E-state index contributed by atoms with van der Waals surface area (Å²) in [6.45, 7) is 9.08. The van der Waals surface area contributed by atoms with E-state index in [1.54, 1.807) is 0 Å². The van der Waals surface area contributed by atoms with E-state index in [9.17, 15) is 0 Å². The molecule has 1 atom stereocenters. The second-order valence-corrected chi connectivity index (χ2v) is 7.70. The molecule has 0 amide bonds. The molecular weight excluding hydrogens is 324 g/mol. The average molecular weight is 352 g/mol. The Morgan fingerprint density at radius 1 is 1.04 bits per heavy atom. The van der Waals surface area contributed by atoms with Gasteiger partial charge in [-0.3, -0.25) is 9.80 Å². The summed E-state index contributed by atoms with van der Waals surface area (Å²) in [5.41, 5.74) is 4.23. The van der Waals surface area contributed by atoms with Crippen molar-refractivity contribution in [3.05, 3.63) is 59.2 Å². The number of likely N-dealkylation sites (N-methyl/N-ethyl adjacent to an activating group) is 1. The third-order valence-electron chi connectivity index (χ3n) is 5.55. The maximum absolute atomic E-state index is 5.53. The topological polar surface area (TPSA) is 24.9 Å². The monoisotopic (exact) mass is 352 g/mol. The SMILES string of the molecule is CC(C)c1ccccc1C1CN(Cc2ccc3c(c2)OCO3)CCN1C. The van der Waals surface area contributed by atoms with Crippen LogP contribution < -0.4 is 9.47 Å². The predicted molar refractivity (Wildman–Crippen MR) is 104 cm³/mol. The normalized spacial score (nSPS) is 20.7. The van der Waals surface area contributed by atoms with Crippen LogP contribution in [0.5, 0.6) is 11.5 Å². The highest BCUT2D eigenvalue weighted by Crippen LogP contribution is 2.34. The number of piperazine rings is 1. The minimum absolute atomic E-state index is 0.335. The molecule has 0 bridgehead atoms. The molecule has 1 fully saturated rings. The molecule has 0 aromatic heterocycles. The third kappa shape index (κ3) is 3.44. The number of benzene rings is 2. The van der Waals surface area contributed by atoms with E-state index in [1.165, 1.54) is 16.7 Å². The lowest BCUT2D eigenvalue weighted by molar-refractivity contribution is 0.0898. The fraction of sp³-hybridized carbons (Fsp3) is 0.455. The molecule has 1 unspecified atom stereocenters. The van der Waals surface area contributed by atoms with Crippen molar-refractivity contribution in [2.45, 2.75) is 32.4 Å². The van der Waals surface area contributed by atoms with E-state index < -0.39 is 0 Å². The highest BCUT2D eigenvalue weighted by atomic mass is 16.7. The standard InChI is InChI=1S/C22H28N2O2/c1-16(2)18-6-4-5-7-19(18)20-14-24(11-10-23(20)3)13-17-8-9-21-22(12-17)26-15-25-21/h4-9,12,16,20H,10-11,13-15H2,1-3H3. The second kappa shape index (κ2) is 7.29. The summed E-state index contributed by atoms with van der Waals surface area (Å²) in [6.07, 6.45) is 0. The highest BCUT2D eigenvalue weighted by Gasteiger charge is 2.28. The summed E-state index contributed by atoms with van der Waals surface area (Å²) in [4.78, 5) is 5.05. The quantitative estimate of drug-likeness (QED) is 0.829. The molecule has 2 aromatic carbocycles. The van der Waals surface area contributed by atoms with Gasteiger partial charge in [0.2, 0.25) is 6.79 Å². The van der Waals surface area contributed by atoms with Gasteiger partial charge in [0, 0.05) is 32.2 Å². The molecule has 0 aliphatic carbocycles. The zero-order valence-corrected chi connectivity index (χ0v) is 15.9. The first kappa shape index (κ1) is 17.4. The van der Waals surface area contributed by atoms with Crippen LogP contribution in [0, 0.1) is 0 Å². The van der Waals surface area contributed by atoms with Gasteiger partial charge < -0.3 is 9.47 Å². The zero-order valence-electron chi connectivity index (χ0n) is 15.9. The van der Waals surface area contributed by atoms with E-state index in [4.69, 9.17) is 9.47 Å². The molecule has 0 spiro atoms.